The molecule has 0 saturated carbocycles. The number of anilines is 1. The molecule has 0 N–H and O–H groups in total. The molecular weight excluding hydrogens is 290 g/mol. The fourth-order valence-electron chi connectivity index (χ4n) is 2.72. The SMILES string of the molecule is CCC1CCCN(c2ccc(Br)cc2C=O)CC1. The first-order valence-electron chi connectivity index (χ1n) is 6.74. The van der Waals surface area contributed by atoms with E-state index in [1.165, 1.54) is 25.7 Å². The Morgan fingerprint density at radius 1 is 1.39 bits per heavy atom. The molecule has 3 heteroatoms. The molecule has 0 aliphatic carbocycles. The highest BCUT2D eigenvalue weighted by atomic mass is 79.9. The molecule has 1 aliphatic heterocycles. The molecule has 2 nitrogen and oxygen atoms in total. The van der Waals surface area contributed by atoms with Gasteiger partial charge in [0.25, 0.3) is 0 Å². The first kappa shape index (κ1) is 13.6. The highest BCUT2D eigenvalue weighted by molar-refractivity contribution is 9.10. The van der Waals surface area contributed by atoms with Crippen molar-refractivity contribution >= 4 is 27.9 Å². The first-order valence-corrected chi connectivity index (χ1v) is 7.53. The van der Waals surface area contributed by atoms with Crippen LogP contribution >= 0.6 is 15.9 Å². The van der Waals surface area contributed by atoms with Crippen LogP contribution in [0.4, 0.5) is 5.69 Å². The van der Waals surface area contributed by atoms with Crippen molar-refractivity contribution in [3.8, 4) is 0 Å². The summed E-state index contributed by atoms with van der Waals surface area (Å²) in [7, 11) is 0. The molecule has 98 valence electrons. The van der Waals surface area contributed by atoms with Crippen LogP contribution in [0.3, 0.4) is 0 Å². The van der Waals surface area contributed by atoms with Crippen LogP contribution in [0.2, 0.25) is 0 Å². The lowest BCUT2D eigenvalue weighted by Crippen LogP contribution is -2.25. The average molecular weight is 310 g/mol. The topological polar surface area (TPSA) is 20.3 Å². The number of hydrogen-bond donors (Lipinski definition) is 0. The van der Waals surface area contributed by atoms with Crippen LogP contribution in [0.1, 0.15) is 43.0 Å². The lowest BCUT2D eigenvalue weighted by molar-refractivity contribution is 0.112. The van der Waals surface area contributed by atoms with E-state index in [2.05, 4.69) is 33.8 Å². The minimum Gasteiger partial charge on any atom is -0.371 e. The number of carbonyl (C=O) groups is 1. The van der Waals surface area contributed by atoms with E-state index >= 15 is 0 Å². The molecule has 0 amide bonds. The van der Waals surface area contributed by atoms with E-state index in [-0.39, 0.29) is 0 Å². The molecule has 2 rings (SSSR count). The fourth-order valence-corrected chi connectivity index (χ4v) is 3.10. The zero-order chi connectivity index (χ0) is 13.0. The van der Waals surface area contributed by atoms with E-state index in [4.69, 9.17) is 0 Å². The van der Waals surface area contributed by atoms with Gasteiger partial charge in [-0.15, -0.1) is 0 Å². The molecule has 1 aromatic carbocycles. The van der Waals surface area contributed by atoms with Gasteiger partial charge < -0.3 is 4.90 Å². The zero-order valence-electron chi connectivity index (χ0n) is 10.9. The van der Waals surface area contributed by atoms with E-state index in [0.29, 0.717) is 0 Å². The lowest BCUT2D eigenvalue weighted by Gasteiger charge is -2.24. The normalized spacial score (nSPS) is 20.6. The molecule has 1 unspecified atom stereocenters. The van der Waals surface area contributed by atoms with Crippen LogP contribution in [-0.2, 0) is 0 Å². The fraction of sp³-hybridized carbons (Fsp3) is 0.533. The third-order valence-electron chi connectivity index (χ3n) is 3.88. The molecule has 1 heterocycles. The zero-order valence-corrected chi connectivity index (χ0v) is 12.4. The number of aldehydes is 1. The van der Waals surface area contributed by atoms with Gasteiger partial charge in [-0.05, 0) is 43.4 Å². The number of rotatable bonds is 3. The van der Waals surface area contributed by atoms with Crippen LogP contribution in [0.15, 0.2) is 22.7 Å². The lowest BCUT2D eigenvalue weighted by atomic mass is 9.98. The average Bonchev–Trinajstić information content (AvgIpc) is 2.63. The quantitative estimate of drug-likeness (QED) is 0.777. The van der Waals surface area contributed by atoms with Gasteiger partial charge in [-0.2, -0.15) is 0 Å². The maximum atomic E-state index is 11.2. The molecule has 1 saturated heterocycles. The van der Waals surface area contributed by atoms with Gasteiger partial charge in [0.1, 0.15) is 0 Å². The van der Waals surface area contributed by atoms with Gasteiger partial charge >= 0.3 is 0 Å². The van der Waals surface area contributed by atoms with Gasteiger partial charge in [0, 0.05) is 28.8 Å². The monoisotopic (exact) mass is 309 g/mol. The summed E-state index contributed by atoms with van der Waals surface area (Å²) in [5.74, 6) is 0.852. The van der Waals surface area contributed by atoms with Crippen molar-refractivity contribution in [1.29, 1.82) is 0 Å². The number of benzene rings is 1. The molecule has 1 aliphatic rings. The van der Waals surface area contributed by atoms with E-state index in [1.807, 2.05) is 12.1 Å². The number of halogens is 1. The highest BCUT2D eigenvalue weighted by Gasteiger charge is 2.17. The van der Waals surface area contributed by atoms with Gasteiger partial charge in [0.05, 0.1) is 0 Å². The summed E-state index contributed by atoms with van der Waals surface area (Å²) >= 11 is 3.42. The third kappa shape index (κ3) is 3.14. The first-order chi connectivity index (χ1) is 8.74. The van der Waals surface area contributed by atoms with Crippen molar-refractivity contribution in [2.45, 2.75) is 32.6 Å². The summed E-state index contributed by atoms with van der Waals surface area (Å²) in [5, 5.41) is 0. The maximum absolute atomic E-state index is 11.2. The Bertz CT molecular complexity index is 419. The highest BCUT2D eigenvalue weighted by Crippen LogP contribution is 2.28. The summed E-state index contributed by atoms with van der Waals surface area (Å²) in [5.41, 5.74) is 1.88. The summed E-state index contributed by atoms with van der Waals surface area (Å²) in [4.78, 5) is 13.5. The van der Waals surface area contributed by atoms with E-state index in [9.17, 15) is 4.79 Å². The largest absolute Gasteiger partial charge is 0.371 e. The number of hydrogen-bond acceptors (Lipinski definition) is 2. The molecule has 1 aromatic rings. The molecule has 0 radical (unpaired) electrons. The van der Waals surface area contributed by atoms with Crippen LogP contribution in [0.5, 0.6) is 0 Å². The van der Waals surface area contributed by atoms with Crippen molar-refractivity contribution < 1.29 is 4.79 Å². The Balaban J connectivity index is 2.18. The number of nitrogens with zero attached hydrogens (tertiary/aromatic N) is 1. The van der Waals surface area contributed by atoms with Crippen LogP contribution in [0, 0.1) is 5.92 Å². The summed E-state index contributed by atoms with van der Waals surface area (Å²) in [6.45, 7) is 4.41. The second-order valence-electron chi connectivity index (χ2n) is 5.01. The summed E-state index contributed by atoms with van der Waals surface area (Å²) < 4.78 is 0.967. The standard InChI is InChI=1S/C15H20BrNO/c1-2-12-4-3-8-17(9-7-12)15-6-5-14(16)10-13(15)11-18/h5-6,10-12H,2-4,7-9H2,1H3. The van der Waals surface area contributed by atoms with E-state index in [1.54, 1.807) is 0 Å². The Hall–Kier alpha value is -0.830. The van der Waals surface area contributed by atoms with Gasteiger partial charge in [0.15, 0.2) is 6.29 Å². The van der Waals surface area contributed by atoms with Crippen molar-refractivity contribution in [1.82, 2.24) is 0 Å². The molecular formula is C15H20BrNO. The summed E-state index contributed by atoms with van der Waals surface area (Å²) in [6.07, 6.45) is 6.02. The molecule has 1 atom stereocenters. The van der Waals surface area contributed by atoms with Gasteiger partial charge in [-0.3, -0.25) is 4.79 Å². The maximum Gasteiger partial charge on any atom is 0.152 e. The van der Waals surface area contributed by atoms with E-state index in [0.717, 1.165) is 41.0 Å². The van der Waals surface area contributed by atoms with Gasteiger partial charge in [-0.25, -0.2) is 0 Å². The Morgan fingerprint density at radius 2 is 2.22 bits per heavy atom. The summed E-state index contributed by atoms with van der Waals surface area (Å²) in [6, 6.07) is 5.98. The molecule has 1 fully saturated rings. The third-order valence-corrected chi connectivity index (χ3v) is 4.38. The minimum absolute atomic E-state index is 0.791. The van der Waals surface area contributed by atoms with Crippen LogP contribution in [-0.4, -0.2) is 19.4 Å². The van der Waals surface area contributed by atoms with Crippen molar-refractivity contribution in [3.05, 3.63) is 28.2 Å². The van der Waals surface area contributed by atoms with Crippen LogP contribution < -0.4 is 4.90 Å². The van der Waals surface area contributed by atoms with E-state index < -0.39 is 0 Å². The van der Waals surface area contributed by atoms with Crippen molar-refractivity contribution in [3.63, 3.8) is 0 Å². The predicted molar refractivity (Wildman–Crippen MR) is 79.4 cm³/mol. The predicted octanol–water partition coefficient (Wildman–Crippen LogP) is 4.28. The van der Waals surface area contributed by atoms with Crippen molar-refractivity contribution in [2.24, 2.45) is 5.92 Å². The Labute approximate surface area is 117 Å². The number of carbonyl (C=O) groups excluding carboxylic acids is 1. The molecule has 0 spiro atoms. The minimum atomic E-state index is 0.791. The Morgan fingerprint density at radius 3 is 2.94 bits per heavy atom. The smallest absolute Gasteiger partial charge is 0.152 e. The molecule has 0 aromatic heterocycles. The van der Waals surface area contributed by atoms with Gasteiger partial charge in [0.2, 0.25) is 0 Å². The Kier molecular flexibility index (Phi) is 4.81. The van der Waals surface area contributed by atoms with Crippen molar-refractivity contribution in [2.75, 3.05) is 18.0 Å². The second-order valence-corrected chi connectivity index (χ2v) is 5.93. The second kappa shape index (κ2) is 6.37. The molecule has 18 heavy (non-hydrogen) atoms. The van der Waals surface area contributed by atoms with Crippen LogP contribution in [0.25, 0.3) is 0 Å². The van der Waals surface area contributed by atoms with Gasteiger partial charge in [-0.1, -0.05) is 29.3 Å². The molecule has 0 bridgehead atoms.